The van der Waals surface area contributed by atoms with Crippen LogP contribution in [0.2, 0.25) is 0 Å². The van der Waals surface area contributed by atoms with Crippen molar-refractivity contribution in [2.24, 2.45) is 0 Å². The number of aromatic nitrogens is 1. The molecule has 6 nitrogen and oxygen atoms in total. The number of aryl methyl sites for hydroxylation is 2. The summed E-state index contributed by atoms with van der Waals surface area (Å²) in [6.07, 6.45) is 1.63. The Labute approximate surface area is 198 Å². The van der Waals surface area contributed by atoms with E-state index in [2.05, 4.69) is 0 Å². The Balaban J connectivity index is 1.95. The topological polar surface area (TPSA) is 66.8 Å². The number of ether oxygens (including phenoxy) is 3. The van der Waals surface area contributed by atoms with Crippen molar-refractivity contribution in [3.05, 3.63) is 98.8 Å². The van der Waals surface area contributed by atoms with Gasteiger partial charge in [-0.1, -0.05) is 24.3 Å². The van der Waals surface area contributed by atoms with E-state index in [1.807, 2.05) is 54.8 Å². The van der Waals surface area contributed by atoms with Crippen LogP contribution < -0.4 is 19.6 Å². The first-order chi connectivity index (χ1) is 16.4. The molecule has 0 aliphatic rings. The van der Waals surface area contributed by atoms with Crippen molar-refractivity contribution in [1.82, 2.24) is 4.57 Å². The molecule has 0 amide bonds. The van der Waals surface area contributed by atoms with Gasteiger partial charge in [-0.05, 0) is 54.8 Å². The number of nitrogens with zero attached hydrogens (tertiary/aromatic N) is 1. The standard InChI is InChI=1S/C28H27NO5/c1-17-9-10-20(11-18(17)2)27(30)23-16-29(15-19-7-6-8-21(12-19)32-3)24-14-26(34-5)25(33-4)13-22(24)28(23)31/h6-14,16H,15H2,1-5H3. The van der Waals surface area contributed by atoms with Crippen LogP contribution in [0.15, 0.2) is 65.6 Å². The molecule has 6 heteroatoms. The van der Waals surface area contributed by atoms with Gasteiger partial charge in [0.1, 0.15) is 5.75 Å². The highest BCUT2D eigenvalue weighted by Crippen LogP contribution is 2.32. The van der Waals surface area contributed by atoms with E-state index in [1.54, 1.807) is 38.6 Å². The summed E-state index contributed by atoms with van der Waals surface area (Å²) in [6, 6.07) is 16.5. The molecule has 34 heavy (non-hydrogen) atoms. The Hall–Kier alpha value is -4.06. The molecule has 3 aromatic carbocycles. The third-order valence-corrected chi connectivity index (χ3v) is 6.09. The minimum atomic E-state index is -0.346. The number of hydrogen-bond acceptors (Lipinski definition) is 5. The highest BCUT2D eigenvalue weighted by Gasteiger charge is 2.20. The normalized spacial score (nSPS) is 10.9. The lowest BCUT2D eigenvalue weighted by atomic mass is 9.98. The molecule has 0 unspecified atom stereocenters. The zero-order valence-electron chi connectivity index (χ0n) is 20.0. The van der Waals surface area contributed by atoms with Crippen LogP contribution in [0.1, 0.15) is 32.6 Å². The monoisotopic (exact) mass is 457 g/mol. The fourth-order valence-corrected chi connectivity index (χ4v) is 4.02. The van der Waals surface area contributed by atoms with E-state index < -0.39 is 0 Å². The zero-order chi connectivity index (χ0) is 24.4. The quantitative estimate of drug-likeness (QED) is 0.369. The first-order valence-electron chi connectivity index (χ1n) is 10.9. The van der Waals surface area contributed by atoms with Crippen molar-refractivity contribution in [3.63, 3.8) is 0 Å². The van der Waals surface area contributed by atoms with E-state index in [4.69, 9.17) is 14.2 Å². The molecule has 0 radical (unpaired) electrons. The molecule has 4 aromatic rings. The van der Waals surface area contributed by atoms with Gasteiger partial charge in [-0.3, -0.25) is 9.59 Å². The van der Waals surface area contributed by atoms with Crippen LogP contribution in [-0.4, -0.2) is 31.7 Å². The van der Waals surface area contributed by atoms with Crippen LogP contribution in [-0.2, 0) is 6.54 Å². The average molecular weight is 458 g/mol. The van der Waals surface area contributed by atoms with Crippen LogP contribution in [0, 0.1) is 13.8 Å². The number of methoxy groups -OCH3 is 3. The van der Waals surface area contributed by atoms with E-state index >= 15 is 0 Å². The number of pyridine rings is 1. The molecule has 4 rings (SSSR count). The van der Waals surface area contributed by atoms with Crippen molar-refractivity contribution >= 4 is 16.7 Å². The van der Waals surface area contributed by atoms with E-state index in [1.165, 1.54) is 7.11 Å². The Kier molecular flexibility index (Phi) is 6.41. The maximum Gasteiger partial charge on any atom is 0.200 e. The summed E-state index contributed by atoms with van der Waals surface area (Å²) in [5.74, 6) is 1.34. The number of ketones is 1. The van der Waals surface area contributed by atoms with Gasteiger partial charge in [0.25, 0.3) is 0 Å². The first kappa shape index (κ1) is 23.1. The summed E-state index contributed by atoms with van der Waals surface area (Å²) < 4.78 is 18.1. The van der Waals surface area contributed by atoms with Crippen LogP contribution in [0.25, 0.3) is 10.9 Å². The lowest BCUT2D eigenvalue weighted by molar-refractivity contribution is 0.103. The molecule has 0 spiro atoms. The van der Waals surface area contributed by atoms with E-state index in [0.29, 0.717) is 34.5 Å². The lowest BCUT2D eigenvalue weighted by Crippen LogP contribution is -2.20. The van der Waals surface area contributed by atoms with Gasteiger partial charge in [0.2, 0.25) is 5.43 Å². The molecular weight excluding hydrogens is 430 g/mol. The SMILES string of the molecule is COc1cccc(Cn2cc(C(=O)c3ccc(C)c(C)c3)c(=O)c3cc(OC)c(OC)cc32)c1. The maximum absolute atomic E-state index is 13.5. The minimum absolute atomic E-state index is 0.103. The fraction of sp³-hybridized carbons (Fsp3) is 0.214. The van der Waals surface area contributed by atoms with Crippen molar-refractivity contribution < 1.29 is 19.0 Å². The average Bonchev–Trinajstić information content (AvgIpc) is 2.86. The second-order valence-corrected chi connectivity index (χ2v) is 8.20. The molecule has 0 N–H and O–H groups in total. The third-order valence-electron chi connectivity index (χ3n) is 6.09. The molecule has 174 valence electrons. The summed E-state index contributed by atoms with van der Waals surface area (Å²) in [5.41, 5.74) is 3.92. The van der Waals surface area contributed by atoms with E-state index in [-0.39, 0.29) is 16.8 Å². The van der Waals surface area contributed by atoms with Crippen LogP contribution >= 0.6 is 0 Å². The largest absolute Gasteiger partial charge is 0.497 e. The van der Waals surface area contributed by atoms with Crippen LogP contribution in [0.3, 0.4) is 0 Å². The molecule has 0 saturated heterocycles. The molecule has 0 aliphatic carbocycles. The Morgan fingerprint density at radius 1 is 0.853 bits per heavy atom. The molecule has 0 fully saturated rings. The second-order valence-electron chi connectivity index (χ2n) is 8.20. The predicted octanol–water partition coefficient (Wildman–Crippen LogP) is 4.92. The van der Waals surface area contributed by atoms with Crippen molar-refractivity contribution in [2.75, 3.05) is 21.3 Å². The number of fused-ring (bicyclic) bond motifs is 1. The molecule has 0 aliphatic heterocycles. The van der Waals surface area contributed by atoms with E-state index in [0.717, 1.165) is 22.4 Å². The zero-order valence-corrected chi connectivity index (χ0v) is 20.0. The molecule has 0 bridgehead atoms. The minimum Gasteiger partial charge on any atom is -0.497 e. The summed E-state index contributed by atoms with van der Waals surface area (Å²) in [6.45, 7) is 4.36. The fourth-order valence-electron chi connectivity index (χ4n) is 4.02. The maximum atomic E-state index is 13.5. The van der Waals surface area contributed by atoms with Crippen molar-refractivity contribution in [2.45, 2.75) is 20.4 Å². The number of hydrogen-bond donors (Lipinski definition) is 0. The first-order valence-corrected chi connectivity index (χ1v) is 10.9. The van der Waals surface area contributed by atoms with Gasteiger partial charge in [0, 0.05) is 24.4 Å². The van der Waals surface area contributed by atoms with Gasteiger partial charge in [-0.2, -0.15) is 0 Å². The molecule has 1 heterocycles. The van der Waals surface area contributed by atoms with Gasteiger partial charge in [0.05, 0.1) is 37.8 Å². The highest BCUT2D eigenvalue weighted by atomic mass is 16.5. The van der Waals surface area contributed by atoms with Gasteiger partial charge in [0.15, 0.2) is 17.3 Å². The van der Waals surface area contributed by atoms with E-state index in [9.17, 15) is 9.59 Å². The molecule has 0 saturated carbocycles. The second kappa shape index (κ2) is 9.43. The van der Waals surface area contributed by atoms with Gasteiger partial charge in [-0.25, -0.2) is 0 Å². The van der Waals surface area contributed by atoms with Crippen molar-refractivity contribution in [3.8, 4) is 17.2 Å². The van der Waals surface area contributed by atoms with Crippen LogP contribution in [0.4, 0.5) is 0 Å². The van der Waals surface area contributed by atoms with Crippen molar-refractivity contribution in [1.29, 1.82) is 0 Å². The summed E-state index contributed by atoms with van der Waals surface area (Å²) >= 11 is 0. The Morgan fingerprint density at radius 3 is 2.26 bits per heavy atom. The third kappa shape index (κ3) is 4.27. The number of carbonyl (C=O) groups is 1. The number of rotatable bonds is 7. The van der Waals surface area contributed by atoms with Crippen LogP contribution in [0.5, 0.6) is 17.2 Å². The van der Waals surface area contributed by atoms with Gasteiger partial charge < -0.3 is 18.8 Å². The lowest BCUT2D eigenvalue weighted by Gasteiger charge is -2.16. The Morgan fingerprint density at radius 2 is 1.59 bits per heavy atom. The highest BCUT2D eigenvalue weighted by molar-refractivity contribution is 6.10. The summed E-state index contributed by atoms with van der Waals surface area (Å²) in [5, 5.41) is 0.384. The smallest absolute Gasteiger partial charge is 0.200 e. The molecule has 0 atom stereocenters. The number of benzene rings is 3. The summed E-state index contributed by atoms with van der Waals surface area (Å²) in [4.78, 5) is 27.0. The summed E-state index contributed by atoms with van der Waals surface area (Å²) in [7, 11) is 4.68. The number of carbonyl (C=O) groups excluding carboxylic acids is 1. The predicted molar refractivity (Wildman–Crippen MR) is 133 cm³/mol. The molecule has 1 aromatic heterocycles. The molecular formula is C28H27NO5. The Bertz CT molecular complexity index is 1450. The van der Waals surface area contributed by atoms with Gasteiger partial charge in [-0.15, -0.1) is 0 Å². The van der Waals surface area contributed by atoms with Gasteiger partial charge >= 0.3 is 0 Å².